The van der Waals surface area contributed by atoms with E-state index in [9.17, 15) is 9.18 Å². The van der Waals surface area contributed by atoms with E-state index >= 15 is 0 Å². The summed E-state index contributed by atoms with van der Waals surface area (Å²) in [6, 6.07) is 24.7. The number of benzene rings is 3. The molecule has 0 fully saturated rings. The van der Waals surface area contributed by atoms with Crippen LogP contribution in [0.3, 0.4) is 0 Å². The van der Waals surface area contributed by atoms with Crippen LogP contribution in [-0.4, -0.2) is 38.1 Å². The van der Waals surface area contributed by atoms with Gasteiger partial charge in [0.05, 0.1) is 12.1 Å². The Balaban J connectivity index is 1.37. The summed E-state index contributed by atoms with van der Waals surface area (Å²) in [6.45, 7) is 3.32. The fraction of sp³-hybridized carbons (Fsp3) is 0.167. The Morgan fingerprint density at radius 3 is 2.59 bits per heavy atom. The van der Waals surface area contributed by atoms with Crippen molar-refractivity contribution in [3.63, 3.8) is 0 Å². The predicted octanol–water partition coefficient (Wildman–Crippen LogP) is 5.12. The van der Waals surface area contributed by atoms with Crippen LogP contribution in [0, 0.1) is 12.7 Å². The molecule has 1 amide bonds. The van der Waals surface area contributed by atoms with Crippen LogP contribution in [0.25, 0.3) is 22.6 Å². The minimum absolute atomic E-state index is 0.0738. The number of hydrogen-bond acceptors (Lipinski definition) is 6. The zero-order valence-electron chi connectivity index (χ0n) is 21.4. The highest BCUT2D eigenvalue weighted by Crippen LogP contribution is 2.33. The van der Waals surface area contributed by atoms with Crippen LogP contribution in [-0.2, 0) is 24.2 Å². The van der Waals surface area contributed by atoms with E-state index in [2.05, 4.69) is 49.0 Å². The van der Waals surface area contributed by atoms with Crippen LogP contribution < -0.4 is 10.2 Å². The summed E-state index contributed by atoms with van der Waals surface area (Å²) in [7, 11) is 0. The van der Waals surface area contributed by atoms with E-state index in [4.69, 9.17) is 4.98 Å². The summed E-state index contributed by atoms with van der Waals surface area (Å²) < 4.78 is 14.4. The summed E-state index contributed by atoms with van der Waals surface area (Å²) in [5.74, 6) is 0.491. The monoisotopic (exact) mass is 519 g/mol. The number of rotatable bonds is 6. The number of carbonyl (C=O) groups is 1. The van der Waals surface area contributed by atoms with Crippen LogP contribution in [0.4, 0.5) is 15.9 Å². The van der Waals surface area contributed by atoms with E-state index in [1.54, 1.807) is 12.1 Å². The highest BCUT2D eigenvalue weighted by Gasteiger charge is 2.21. The molecular formula is C30H26FN7O. The average Bonchev–Trinajstić information content (AvgIpc) is 3.49. The van der Waals surface area contributed by atoms with Gasteiger partial charge in [0, 0.05) is 36.0 Å². The van der Waals surface area contributed by atoms with E-state index in [-0.39, 0.29) is 18.1 Å². The largest absolute Gasteiger partial charge is 0.352 e. The molecule has 0 spiro atoms. The first-order chi connectivity index (χ1) is 19.0. The number of anilines is 2. The molecule has 2 aromatic heterocycles. The molecule has 0 saturated carbocycles. The maximum absolute atomic E-state index is 14.4. The van der Waals surface area contributed by atoms with Gasteiger partial charge < -0.3 is 10.2 Å². The van der Waals surface area contributed by atoms with Gasteiger partial charge in [0.2, 0.25) is 11.7 Å². The van der Waals surface area contributed by atoms with Gasteiger partial charge in [-0.3, -0.25) is 4.79 Å². The molecule has 0 unspecified atom stereocenters. The van der Waals surface area contributed by atoms with E-state index in [0.717, 1.165) is 35.5 Å². The molecule has 3 aromatic carbocycles. The minimum Gasteiger partial charge on any atom is -0.352 e. The Hall–Kier alpha value is -4.92. The highest BCUT2D eigenvalue weighted by atomic mass is 19.1. The highest BCUT2D eigenvalue weighted by molar-refractivity contribution is 5.94. The van der Waals surface area contributed by atoms with Crippen molar-refractivity contribution < 1.29 is 9.18 Å². The fourth-order valence-corrected chi connectivity index (χ4v) is 4.93. The molecule has 194 valence electrons. The van der Waals surface area contributed by atoms with E-state index in [0.29, 0.717) is 29.3 Å². The van der Waals surface area contributed by atoms with Crippen LogP contribution >= 0.6 is 0 Å². The third-order valence-corrected chi connectivity index (χ3v) is 6.90. The van der Waals surface area contributed by atoms with Crippen molar-refractivity contribution in [2.24, 2.45) is 0 Å². The lowest BCUT2D eigenvalue weighted by Crippen LogP contribution is -2.31. The van der Waals surface area contributed by atoms with Gasteiger partial charge in [0.15, 0.2) is 0 Å². The summed E-state index contributed by atoms with van der Waals surface area (Å²) in [6.07, 6.45) is 0.825. The second-order valence-corrected chi connectivity index (χ2v) is 9.64. The third kappa shape index (κ3) is 5.24. The van der Waals surface area contributed by atoms with E-state index in [1.807, 2.05) is 49.4 Å². The molecule has 0 saturated heterocycles. The molecule has 0 bridgehead atoms. The van der Waals surface area contributed by atoms with Crippen LogP contribution in [0.1, 0.15) is 22.3 Å². The number of H-pyrrole nitrogens is 1. The number of fused-ring (bicyclic) bond motifs is 1. The number of amides is 1. The number of carbonyl (C=O) groups excluding carboxylic acids is 1. The molecule has 5 aromatic rings. The first-order valence-electron chi connectivity index (χ1n) is 12.8. The molecule has 1 aliphatic rings. The molecule has 0 radical (unpaired) electrons. The van der Waals surface area contributed by atoms with Crippen LogP contribution in [0.15, 0.2) is 78.9 Å². The normalized spacial score (nSPS) is 12.7. The summed E-state index contributed by atoms with van der Waals surface area (Å²) in [5, 5.41) is 17.5. The van der Waals surface area contributed by atoms with Crippen LogP contribution in [0.2, 0.25) is 0 Å². The second kappa shape index (κ2) is 10.4. The lowest BCUT2D eigenvalue weighted by molar-refractivity contribution is -0.115. The van der Waals surface area contributed by atoms with E-state index < -0.39 is 0 Å². The summed E-state index contributed by atoms with van der Waals surface area (Å²) in [4.78, 5) is 20.2. The zero-order chi connectivity index (χ0) is 26.8. The maximum atomic E-state index is 14.4. The van der Waals surface area contributed by atoms with Crippen molar-refractivity contribution in [2.45, 2.75) is 26.3 Å². The lowest BCUT2D eigenvalue weighted by atomic mass is 9.99. The van der Waals surface area contributed by atoms with Gasteiger partial charge in [0.25, 0.3) is 0 Å². The number of nitrogens with one attached hydrogen (secondary N) is 2. The molecule has 1 aliphatic heterocycles. The molecule has 3 heterocycles. The lowest BCUT2D eigenvalue weighted by Gasteiger charge is -2.30. The van der Waals surface area contributed by atoms with Crippen molar-refractivity contribution in [2.75, 3.05) is 16.8 Å². The van der Waals surface area contributed by atoms with Gasteiger partial charge in [-0.25, -0.2) is 9.37 Å². The Morgan fingerprint density at radius 2 is 1.79 bits per heavy atom. The number of nitrogens with zero attached hydrogens (tertiary/aromatic N) is 5. The molecular weight excluding hydrogens is 493 g/mol. The van der Waals surface area contributed by atoms with Gasteiger partial charge >= 0.3 is 0 Å². The number of hydrogen-bond donors (Lipinski definition) is 2. The molecule has 0 aliphatic carbocycles. The van der Waals surface area contributed by atoms with Crippen molar-refractivity contribution in [3.8, 4) is 22.6 Å². The second-order valence-electron chi connectivity index (χ2n) is 9.64. The summed E-state index contributed by atoms with van der Waals surface area (Å²) in [5.41, 5.74) is 6.55. The van der Waals surface area contributed by atoms with Crippen molar-refractivity contribution in [3.05, 3.63) is 107 Å². The smallest absolute Gasteiger partial charge is 0.228 e. The first-order valence-corrected chi connectivity index (χ1v) is 12.8. The van der Waals surface area contributed by atoms with Crippen molar-refractivity contribution >= 4 is 17.4 Å². The molecule has 6 rings (SSSR count). The number of aromatic nitrogens is 5. The maximum Gasteiger partial charge on any atom is 0.228 e. The Bertz CT molecular complexity index is 1650. The zero-order valence-corrected chi connectivity index (χ0v) is 21.4. The van der Waals surface area contributed by atoms with Gasteiger partial charge in [0.1, 0.15) is 11.6 Å². The van der Waals surface area contributed by atoms with E-state index in [1.165, 1.54) is 17.2 Å². The SMILES string of the molecule is Cc1ccc(CC(=O)Nc2cc(-c3ccccc3-c3nn[nH]n3)nc(N3CCc4ccccc4C3)c2)c(F)c1. The topological polar surface area (TPSA) is 99.7 Å². The average molecular weight is 520 g/mol. The van der Waals surface area contributed by atoms with Gasteiger partial charge in [-0.05, 0) is 52.9 Å². The predicted molar refractivity (Wildman–Crippen MR) is 148 cm³/mol. The van der Waals surface area contributed by atoms with Crippen molar-refractivity contribution in [1.82, 2.24) is 25.6 Å². The fourth-order valence-electron chi connectivity index (χ4n) is 4.93. The Labute approximate surface area is 224 Å². The summed E-state index contributed by atoms with van der Waals surface area (Å²) >= 11 is 0. The Kier molecular flexibility index (Phi) is 6.54. The Morgan fingerprint density at radius 1 is 1.00 bits per heavy atom. The molecule has 0 atom stereocenters. The van der Waals surface area contributed by atoms with Gasteiger partial charge in [-0.15, -0.1) is 10.2 Å². The first kappa shape index (κ1) is 24.4. The van der Waals surface area contributed by atoms with Gasteiger partial charge in [-0.2, -0.15) is 5.21 Å². The quantitative estimate of drug-likeness (QED) is 0.323. The molecule has 39 heavy (non-hydrogen) atoms. The standard InChI is InChI=1S/C30H26FN7O/c1-19-10-11-21(26(31)14-19)15-29(39)32-23-16-27(24-8-4-5-9-25(24)30-34-36-37-35-30)33-28(17-23)38-13-12-20-6-2-3-7-22(20)18-38/h2-11,14,16-17H,12-13,15,18H2,1H3,(H,32,33,39)(H,34,35,36,37). The van der Waals surface area contributed by atoms with Gasteiger partial charge in [-0.1, -0.05) is 60.7 Å². The minimum atomic E-state index is -0.387. The molecule has 2 N–H and O–H groups in total. The number of tetrazole rings is 1. The molecule has 9 heteroatoms. The number of halogens is 1. The van der Waals surface area contributed by atoms with Crippen molar-refractivity contribution in [1.29, 1.82) is 0 Å². The number of aryl methyl sites for hydroxylation is 1. The third-order valence-electron chi connectivity index (χ3n) is 6.90. The number of aromatic amines is 1. The number of pyridine rings is 1. The van der Waals surface area contributed by atoms with Crippen LogP contribution in [0.5, 0.6) is 0 Å². The molecule has 8 nitrogen and oxygen atoms in total.